The Morgan fingerprint density at radius 1 is 1.17 bits per heavy atom. The molecule has 0 bridgehead atoms. The van der Waals surface area contributed by atoms with Crippen molar-refractivity contribution in [3.05, 3.63) is 64.1 Å². The Hall–Kier alpha value is -2.18. The number of nitrogens with one attached hydrogen (secondary N) is 1. The van der Waals surface area contributed by atoms with Gasteiger partial charge in [-0.15, -0.1) is 0 Å². The minimum Gasteiger partial charge on any atom is -0.395 e. The van der Waals surface area contributed by atoms with Gasteiger partial charge >= 0.3 is 11.8 Å². The van der Waals surface area contributed by atoms with Crippen molar-refractivity contribution in [1.29, 1.82) is 0 Å². The van der Waals surface area contributed by atoms with E-state index in [2.05, 4.69) is 21.2 Å². The highest BCUT2D eigenvalue weighted by Gasteiger charge is 2.22. The van der Waals surface area contributed by atoms with Crippen LogP contribution in [0.3, 0.4) is 0 Å². The van der Waals surface area contributed by atoms with Crippen molar-refractivity contribution in [2.75, 3.05) is 18.5 Å². The molecule has 2 amide bonds. The maximum Gasteiger partial charge on any atom is 0.313 e. The van der Waals surface area contributed by atoms with Crippen LogP contribution in [0.1, 0.15) is 11.1 Å². The van der Waals surface area contributed by atoms with Gasteiger partial charge in [-0.2, -0.15) is 0 Å². The van der Waals surface area contributed by atoms with E-state index in [9.17, 15) is 14.7 Å². The summed E-state index contributed by atoms with van der Waals surface area (Å²) in [5.74, 6) is -1.39. The van der Waals surface area contributed by atoms with Crippen LogP contribution in [0.2, 0.25) is 0 Å². The molecular formula is C18H19BrN2O3. The van der Waals surface area contributed by atoms with Crippen LogP contribution in [0.25, 0.3) is 0 Å². The van der Waals surface area contributed by atoms with Gasteiger partial charge in [-0.1, -0.05) is 46.3 Å². The largest absolute Gasteiger partial charge is 0.395 e. The number of carbonyl (C=O) groups excluding carboxylic acids is 2. The van der Waals surface area contributed by atoms with Gasteiger partial charge in [-0.3, -0.25) is 9.59 Å². The van der Waals surface area contributed by atoms with Crippen molar-refractivity contribution < 1.29 is 14.7 Å². The monoisotopic (exact) mass is 390 g/mol. The van der Waals surface area contributed by atoms with Gasteiger partial charge in [-0.05, 0) is 36.2 Å². The molecule has 0 unspecified atom stereocenters. The van der Waals surface area contributed by atoms with Crippen LogP contribution in [-0.4, -0.2) is 35.0 Å². The van der Waals surface area contributed by atoms with Crippen molar-refractivity contribution >= 4 is 33.4 Å². The number of hydrogen-bond donors (Lipinski definition) is 2. The third-order valence-corrected chi connectivity index (χ3v) is 4.00. The first-order chi connectivity index (χ1) is 11.5. The Labute approximate surface area is 149 Å². The minimum atomic E-state index is -0.718. The normalized spacial score (nSPS) is 10.3. The summed E-state index contributed by atoms with van der Waals surface area (Å²) in [6.07, 6.45) is 0. The fourth-order valence-corrected chi connectivity index (χ4v) is 2.74. The Kier molecular flexibility index (Phi) is 6.52. The van der Waals surface area contributed by atoms with Crippen molar-refractivity contribution in [2.24, 2.45) is 0 Å². The molecule has 0 aromatic heterocycles. The summed E-state index contributed by atoms with van der Waals surface area (Å²) in [5.41, 5.74) is 2.33. The zero-order chi connectivity index (χ0) is 17.5. The predicted octanol–water partition coefficient (Wildman–Crippen LogP) is 2.72. The Morgan fingerprint density at radius 3 is 2.50 bits per heavy atom. The van der Waals surface area contributed by atoms with Gasteiger partial charge in [0.2, 0.25) is 0 Å². The molecule has 0 fully saturated rings. The number of hydrogen-bond acceptors (Lipinski definition) is 3. The molecule has 0 spiro atoms. The minimum absolute atomic E-state index is 0.0977. The third kappa shape index (κ3) is 4.91. The number of rotatable bonds is 5. The maximum absolute atomic E-state index is 12.4. The van der Waals surface area contributed by atoms with E-state index < -0.39 is 11.8 Å². The topological polar surface area (TPSA) is 69.6 Å². The Balaban J connectivity index is 2.09. The number of benzene rings is 2. The average molecular weight is 391 g/mol. The lowest BCUT2D eigenvalue weighted by Crippen LogP contribution is -2.40. The molecule has 0 aliphatic rings. The summed E-state index contributed by atoms with van der Waals surface area (Å²) in [7, 11) is 0. The van der Waals surface area contributed by atoms with Gasteiger partial charge in [0, 0.05) is 23.2 Å². The first-order valence-corrected chi connectivity index (χ1v) is 8.31. The highest BCUT2D eigenvalue weighted by Crippen LogP contribution is 2.20. The van der Waals surface area contributed by atoms with Gasteiger partial charge in [0.1, 0.15) is 0 Å². The molecule has 2 aromatic rings. The van der Waals surface area contributed by atoms with E-state index in [1.54, 1.807) is 12.1 Å². The van der Waals surface area contributed by atoms with E-state index in [1.165, 1.54) is 4.90 Å². The predicted molar refractivity (Wildman–Crippen MR) is 96.5 cm³/mol. The van der Waals surface area contributed by atoms with Crippen LogP contribution in [0.5, 0.6) is 0 Å². The molecule has 2 N–H and O–H groups in total. The van der Waals surface area contributed by atoms with Crippen LogP contribution in [0.15, 0.2) is 53.0 Å². The van der Waals surface area contributed by atoms with Gasteiger partial charge in [0.25, 0.3) is 0 Å². The molecule has 0 saturated heterocycles. The molecule has 0 aliphatic carbocycles. The summed E-state index contributed by atoms with van der Waals surface area (Å²) in [5, 5.41) is 11.8. The number of carbonyl (C=O) groups is 2. The number of anilines is 1. The lowest BCUT2D eigenvalue weighted by molar-refractivity contribution is -0.143. The first kappa shape index (κ1) is 18.2. The van der Waals surface area contributed by atoms with Gasteiger partial charge in [0.15, 0.2) is 0 Å². The molecule has 0 saturated carbocycles. The SMILES string of the molecule is Cc1cc(Br)ccc1NC(=O)C(=O)N(CCO)Cc1ccccc1. The number of aliphatic hydroxyl groups excluding tert-OH is 1. The second kappa shape index (κ2) is 8.61. The number of amides is 2. The van der Waals surface area contributed by atoms with E-state index in [1.807, 2.05) is 43.3 Å². The van der Waals surface area contributed by atoms with E-state index in [0.29, 0.717) is 5.69 Å². The van der Waals surface area contributed by atoms with E-state index in [4.69, 9.17) is 0 Å². The summed E-state index contributed by atoms with van der Waals surface area (Å²) in [6, 6.07) is 14.7. The Morgan fingerprint density at radius 2 is 1.88 bits per heavy atom. The highest BCUT2D eigenvalue weighted by molar-refractivity contribution is 9.10. The molecule has 6 heteroatoms. The van der Waals surface area contributed by atoms with Crippen molar-refractivity contribution in [2.45, 2.75) is 13.5 Å². The molecular weight excluding hydrogens is 372 g/mol. The van der Waals surface area contributed by atoms with Gasteiger partial charge in [0.05, 0.1) is 6.61 Å². The van der Waals surface area contributed by atoms with E-state index >= 15 is 0 Å². The van der Waals surface area contributed by atoms with Crippen molar-refractivity contribution in [1.82, 2.24) is 4.90 Å². The lowest BCUT2D eigenvalue weighted by atomic mass is 10.2. The lowest BCUT2D eigenvalue weighted by Gasteiger charge is -2.21. The van der Waals surface area contributed by atoms with E-state index in [0.717, 1.165) is 15.6 Å². The molecule has 5 nitrogen and oxygen atoms in total. The summed E-state index contributed by atoms with van der Waals surface area (Å²) >= 11 is 3.36. The summed E-state index contributed by atoms with van der Waals surface area (Å²) in [6.45, 7) is 2.01. The highest BCUT2D eigenvalue weighted by atomic mass is 79.9. The number of halogens is 1. The molecule has 0 heterocycles. The van der Waals surface area contributed by atoms with Crippen LogP contribution in [0, 0.1) is 6.92 Å². The van der Waals surface area contributed by atoms with Crippen LogP contribution in [0.4, 0.5) is 5.69 Å². The van der Waals surface area contributed by atoms with Crippen molar-refractivity contribution in [3.8, 4) is 0 Å². The molecule has 2 rings (SSSR count). The molecule has 0 radical (unpaired) electrons. The second-order valence-corrected chi connectivity index (χ2v) is 6.26. The second-order valence-electron chi connectivity index (χ2n) is 5.35. The first-order valence-electron chi connectivity index (χ1n) is 7.52. The van der Waals surface area contributed by atoms with Crippen LogP contribution >= 0.6 is 15.9 Å². The molecule has 126 valence electrons. The molecule has 2 aromatic carbocycles. The molecule has 0 aliphatic heterocycles. The fraction of sp³-hybridized carbons (Fsp3) is 0.222. The van der Waals surface area contributed by atoms with Crippen molar-refractivity contribution in [3.63, 3.8) is 0 Å². The average Bonchev–Trinajstić information content (AvgIpc) is 2.57. The maximum atomic E-state index is 12.4. The summed E-state index contributed by atoms with van der Waals surface area (Å²) in [4.78, 5) is 26.0. The fourth-order valence-electron chi connectivity index (χ4n) is 2.26. The Bertz CT molecular complexity index is 719. The number of aliphatic hydroxyl groups is 1. The number of nitrogens with zero attached hydrogens (tertiary/aromatic N) is 1. The zero-order valence-corrected chi connectivity index (χ0v) is 14.9. The van der Waals surface area contributed by atoms with Crippen LogP contribution in [-0.2, 0) is 16.1 Å². The quantitative estimate of drug-likeness (QED) is 0.771. The standard InChI is InChI=1S/C18H19BrN2O3/c1-13-11-15(19)7-8-16(13)20-17(23)18(24)21(9-10-22)12-14-5-3-2-4-6-14/h2-8,11,22H,9-10,12H2,1H3,(H,20,23). The molecule has 24 heavy (non-hydrogen) atoms. The third-order valence-electron chi connectivity index (χ3n) is 3.50. The molecule has 0 atom stereocenters. The number of aryl methyl sites for hydroxylation is 1. The summed E-state index contributed by atoms with van der Waals surface area (Å²) < 4.78 is 0.898. The zero-order valence-electron chi connectivity index (χ0n) is 13.3. The smallest absolute Gasteiger partial charge is 0.313 e. The van der Waals surface area contributed by atoms with E-state index in [-0.39, 0.29) is 19.7 Å². The van der Waals surface area contributed by atoms with Gasteiger partial charge in [-0.25, -0.2) is 0 Å². The van der Waals surface area contributed by atoms with Crippen LogP contribution < -0.4 is 5.32 Å². The van der Waals surface area contributed by atoms with Gasteiger partial charge < -0.3 is 15.3 Å².